The van der Waals surface area contributed by atoms with E-state index in [4.69, 9.17) is 4.74 Å². The topological polar surface area (TPSA) is 70.2 Å². The maximum atomic E-state index is 12.3. The minimum absolute atomic E-state index is 0. The number of hydrogen-bond acceptors (Lipinski definition) is 4. The molecule has 2 saturated heterocycles. The van der Waals surface area contributed by atoms with Crippen LogP contribution in [0.2, 0.25) is 0 Å². The van der Waals surface area contributed by atoms with Crippen molar-refractivity contribution in [2.45, 2.75) is 31.2 Å². The van der Waals surface area contributed by atoms with Gasteiger partial charge in [-0.15, -0.1) is 24.8 Å². The van der Waals surface area contributed by atoms with Crippen LogP contribution in [-0.2, 0) is 9.53 Å². The molecule has 126 valence electrons. The fourth-order valence-corrected chi connectivity index (χ4v) is 3.04. The zero-order valence-corrected chi connectivity index (χ0v) is 14.1. The van der Waals surface area contributed by atoms with Gasteiger partial charge in [0.2, 0.25) is 5.91 Å². The molecule has 2 aliphatic heterocycles. The standard InChI is InChI=1S/C14H22N4O2.2ClH/c19-14(7-13-10-20-6-3-15-13)18-4-1-11(2-5-18)12-8-16-17-9-12;;/h8-9,11,13,15H,1-7,10H2,(H,16,17);2*1H. The second kappa shape index (κ2) is 9.35. The molecule has 3 rings (SSSR count). The average molecular weight is 351 g/mol. The molecule has 1 amide bonds. The maximum absolute atomic E-state index is 12.3. The fraction of sp³-hybridized carbons (Fsp3) is 0.714. The lowest BCUT2D eigenvalue weighted by Gasteiger charge is -2.33. The number of halogens is 2. The van der Waals surface area contributed by atoms with Crippen molar-refractivity contribution in [3.8, 4) is 0 Å². The van der Waals surface area contributed by atoms with Crippen molar-refractivity contribution in [2.24, 2.45) is 0 Å². The highest BCUT2D eigenvalue weighted by atomic mass is 35.5. The van der Waals surface area contributed by atoms with Gasteiger partial charge in [0.1, 0.15) is 0 Å². The molecule has 1 unspecified atom stereocenters. The lowest BCUT2D eigenvalue weighted by Crippen LogP contribution is -2.46. The molecule has 2 fully saturated rings. The third kappa shape index (κ3) is 4.84. The number of rotatable bonds is 3. The smallest absolute Gasteiger partial charge is 0.224 e. The van der Waals surface area contributed by atoms with Crippen LogP contribution in [-0.4, -0.2) is 59.9 Å². The van der Waals surface area contributed by atoms with Crippen LogP contribution in [0.4, 0.5) is 0 Å². The molecule has 0 radical (unpaired) electrons. The second-order valence-corrected chi connectivity index (χ2v) is 5.62. The van der Waals surface area contributed by atoms with Gasteiger partial charge in [0.15, 0.2) is 0 Å². The van der Waals surface area contributed by atoms with Crippen molar-refractivity contribution in [3.63, 3.8) is 0 Å². The van der Waals surface area contributed by atoms with Crippen molar-refractivity contribution < 1.29 is 9.53 Å². The highest BCUT2D eigenvalue weighted by Gasteiger charge is 2.26. The molecular weight excluding hydrogens is 327 g/mol. The number of amides is 1. The number of nitrogens with zero attached hydrogens (tertiary/aromatic N) is 2. The lowest BCUT2D eigenvalue weighted by molar-refractivity contribution is -0.133. The summed E-state index contributed by atoms with van der Waals surface area (Å²) >= 11 is 0. The zero-order chi connectivity index (χ0) is 13.8. The van der Waals surface area contributed by atoms with Crippen LogP contribution in [0, 0.1) is 0 Å². The summed E-state index contributed by atoms with van der Waals surface area (Å²) in [6, 6.07) is 0.183. The second-order valence-electron chi connectivity index (χ2n) is 5.62. The van der Waals surface area contributed by atoms with Gasteiger partial charge in [-0.25, -0.2) is 0 Å². The molecule has 1 aromatic rings. The molecule has 0 spiro atoms. The number of carbonyl (C=O) groups excluding carboxylic acids is 1. The fourth-order valence-electron chi connectivity index (χ4n) is 3.04. The first-order chi connectivity index (χ1) is 9.83. The molecule has 0 aliphatic carbocycles. The van der Waals surface area contributed by atoms with E-state index in [0.717, 1.165) is 39.1 Å². The minimum Gasteiger partial charge on any atom is -0.378 e. The average Bonchev–Trinajstić information content (AvgIpc) is 3.03. The van der Waals surface area contributed by atoms with Gasteiger partial charge in [0.25, 0.3) is 0 Å². The predicted octanol–water partition coefficient (Wildman–Crippen LogP) is 1.34. The molecule has 2 N–H and O–H groups in total. The van der Waals surface area contributed by atoms with E-state index in [1.165, 1.54) is 5.56 Å². The summed E-state index contributed by atoms with van der Waals surface area (Å²) in [6.07, 6.45) is 6.47. The van der Waals surface area contributed by atoms with Gasteiger partial charge in [-0.05, 0) is 24.3 Å². The first-order valence-electron chi connectivity index (χ1n) is 7.40. The number of carbonyl (C=O) groups is 1. The number of nitrogens with one attached hydrogen (secondary N) is 2. The normalized spacial score (nSPS) is 22.5. The Balaban J connectivity index is 0.00000121. The molecule has 0 saturated carbocycles. The SMILES string of the molecule is Cl.Cl.O=C(CC1COCCN1)N1CCC(c2cn[nH]c2)CC1. The Kier molecular flexibility index (Phi) is 8.17. The molecular formula is C14H24Cl2N4O2. The number of aromatic nitrogens is 2. The Morgan fingerprint density at radius 1 is 1.36 bits per heavy atom. The van der Waals surface area contributed by atoms with Crippen LogP contribution in [0.5, 0.6) is 0 Å². The van der Waals surface area contributed by atoms with E-state index >= 15 is 0 Å². The monoisotopic (exact) mass is 350 g/mol. The summed E-state index contributed by atoms with van der Waals surface area (Å²) in [4.78, 5) is 14.3. The number of morpholine rings is 1. The lowest BCUT2D eigenvalue weighted by atomic mass is 9.91. The molecule has 0 bridgehead atoms. The molecule has 1 aromatic heterocycles. The van der Waals surface area contributed by atoms with Crippen molar-refractivity contribution in [3.05, 3.63) is 18.0 Å². The summed E-state index contributed by atoms with van der Waals surface area (Å²) in [6.45, 7) is 3.95. The van der Waals surface area contributed by atoms with E-state index < -0.39 is 0 Å². The summed E-state index contributed by atoms with van der Waals surface area (Å²) < 4.78 is 5.39. The van der Waals surface area contributed by atoms with Gasteiger partial charge in [-0.1, -0.05) is 0 Å². The number of aromatic amines is 1. The van der Waals surface area contributed by atoms with Crippen LogP contribution in [0.25, 0.3) is 0 Å². The highest BCUT2D eigenvalue weighted by molar-refractivity contribution is 5.85. The van der Waals surface area contributed by atoms with Crippen LogP contribution in [0.15, 0.2) is 12.4 Å². The molecule has 22 heavy (non-hydrogen) atoms. The van der Waals surface area contributed by atoms with E-state index in [-0.39, 0.29) is 36.8 Å². The number of H-pyrrole nitrogens is 1. The highest BCUT2D eigenvalue weighted by Crippen LogP contribution is 2.27. The first-order valence-corrected chi connectivity index (χ1v) is 7.40. The van der Waals surface area contributed by atoms with E-state index in [1.54, 1.807) is 0 Å². The van der Waals surface area contributed by atoms with Gasteiger partial charge >= 0.3 is 0 Å². The summed E-state index contributed by atoms with van der Waals surface area (Å²) in [5.74, 6) is 0.785. The summed E-state index contributed by atoms with van der Waals surface area (Å²) in [5, 5.41) is 10.2. The van der Waals surface area contributed by atoms with Crippen LogP contribution >= 0.6 is 24.8 Å². The molecule has 2 aliphatic rings. The van der Waals surface area contributed by atoms with Crippen LogP contribution < -0.4 is 5.32 Å². The Morgan fingerprint density at radius 3 is 2.73 bits per heavy atom. The van der Waals surface area contributed by atoms with E-state index in [2.05, 4.69) is 15.5 Å². The Hall–Kier alpha value is -0.820. The zero-order valence-electron chi connectivity index (χ0n) is 12.5. The third-order valence-electron chi connectivity index (χ3n) is 4.26. The van der Waals surface area contributed by atoms with E-state index in [1.807, 2.05) is 17.3 Å². The van der Waals surface area contributed by atoms with Crippen molar-refractivity contribution in [1.29, 1.82) is 0 Å². The van der Waals surface area contributed by atoms with E-state index in [0.29, 0.717) is 18.9 Å². The minimum atomic E-state index is 0. The van der Waals surface area contributed by atoms with E-state index in [9.17, 15) is 4.79 Å². The van der Waals surface area contributed by atoms with Gasteiger partial charge in [-0.2, -0.15) is 5.10 Å². The molecule has 1 atom stereocenters. The Labute approximate surface area is 143 Å². The number of ether oxygens (including phenoxy) is 1. The van der Waals surface area contributed by atoms with Crippen LogP contribution in [0.1, 0.15) is 30.7 Å². The maximum Gasteiger partial charge on any atom is 0.224 e. The van der Waals surface area contributed by atoms with Gasteiger partial charge < -0.3 is 15.0 Å². The predicted molar refractivity (Wildman–Crippen MR) is 88.9 cm³/mol. The third-order valence-corrected chi connectivity index (χ3v) is 4.26. The van der Waals surface area contributed by atoms with Gasteiger partial charge in [0.05, 0.1) is 19.4 Å². The molecule has 0 aromatic carbocycles. The summed E-state index contributed by atoms with van der Waals surface area (Å²) in [5.41, 5.74) is 1.26. The van der Waals surface area contributed by atoms with Crippen LogP contribution in [0.3, 0.4) is 0 Å². The molecule has 3 heterocycles. The molecule has 6 nitrogen and oxygen atoms in total. The Morgan fingerprint density at radius 2 is 2.14 bits per heavy atom. The quantitative estimate of drug-likeness (QED) is 0.862. The van der Waals surface area contributed by atoms with Crippen molar-refractivity contribution in [2.75, 3.05) is 32.8 Å². The Bertz CT molecular complexity index is 430. The van der Waals surface area contributed by atoms with Crippen molar-refractivity contribution in [1.82, 2.24) is 20.4 Å². The first kappa shape index (κ1) is 19.2. The van der Waals surface area contributed by atoms with Crippen molar-refractivity contribution >= 4 is 30.7 Å². The summed E-state index contributed by atoms with van der Waals surface area (Å²) in [7, 11) is 0. The molecule has 8 heteroatoms. The number of likely N-dealkylation sites (tertiary alicyclic amines) is 1. The largest absolute Gasteiger partial charge is 0.378 e. The number of hydrogen-bond donors (Lipinski definition) is 2. The number of piperidine rings is 1. The van der Waals surface area contributed by atoms with Gasteiger partial charge in [-0.3, -0.25) is 9.89 Å². The van der Waals surface area contributed by atoms with Gasteiger partial charge in [0, 0.05) is 38.3 Å².